The molecule has 0 bridgehead atoms. The van der Waals surface area contributed by atoms with Crippen LogP contribution in [0.1, 0.15) is 18.9 Å². The highest BCUT2D eigenvalue weighted by Crippen LogP contribution is 2.17. The molecule has 1 aromatic carbocycles. The van der Waals surface area contributed by atoms with Crippen LogP contribution in [0.3, 0.4) is 0 Å². The molecule has 0 aliphatic heterocycles. The van der Waals surface area contributed by atoms with E-state index in [9.17, 15) is 4.39 Å². The van der Waals surface area contributed by atoms with Crippen LogP contribution in [0, 0.1) is 5.82 Å². The molecule has 0 atom stereocenters. The second-order valence-corrected chi connectivity index (χ2v) is 3.37. The van der Waals surface area contributed by atoms with E-state index in [0.717, 1.165) is 6.42 Å². The van der Waals surface area contributed by atoms with Gasteiger partial charge in [0.15, 0.2) is 0 Å². The Balaban J connectivity index is 2.74. The molecule has 0 heterocycles. The highest BCUT2D eigenvalue weighted by molar-refractivity contribution is 6.17. The molecule has 3 heteroatoms. The summed E-state index contributed by atoms with van der Waals surface area (Å²) >= 11 is 5.51. The minimum absolute atomic E-state index is 0.272. The third-order valence-electron chi connectivity index (χ3n) is 1.86. The van der Waals surface area contributed by atoms with Crippen LogP contribution in [-0.2, 0) is 0 Å². The van der Waals surface area contributed by atoms with Crippen molar-refractivity contribution in [3.05, 3.63) is 35.7 Å². The Bertz CT molecular complexity index is 336. The van der Waals surface area contributed by atoms with Crippen molar-refractivity contribution >= 4 is 17.7 Å². The lowest BCUT2D eigenvalue weighted by molar-refractivity contribution is 0.338. The Morgan fingerprint density at radius 1 is 1.47 bits per heavy atom. The van der Waals surface area contributed by atoms with Crippen LogP contribution in [0.4, 0.5) is 4.39 Å². The van der Waals surface area contributed by atoms with Gasteiger partial charge in [-0.25, -0.2) is 4.39 Å². The monoisotopic (exact) mass is 228 g/mol. The summed E-state index contributed by atoms with van der Waals surface area (Å²) < 4.78 is 18.6. The van der Waals surface area contributed by atoms with Crippen molar-refractivity contribution in [1.82, 2.24) is 0 Å². The van der Waals surface area contributed by atoms with Crippen LogP contribution < -0.4 is 4.74 Å². The average Bonchev–Trinajstić information content (AvgIpc) is 2.22. The smallest absolute Gasteiger partial charge is 0.134 e. The Morgan fingerprint density at radius 3 is 2.87 bits per heavy atom. The van der Waals surface area contributed by atoms with Gasteiger partial charge in [0.05, 0.1) is 6.61 Å². The molecule has 1 rings (SSSR count). The predicted octanol–water partition coefficient (Wildman–Crippen LogP) is 3.87. The average molecular weight is 229 g/mol. The maximum Gasteiger partial charge on any atom is 0.134 e. The molecular weight excluding hydrogens is 215 g/mol. The van der Waals surface area contributed by atoms with Gasteiger partial charge in [-0.2, -0.15) is 0 Å². The summed E-state index contributed by atoms with van der Waals surface area (Å²) in [5, 5.41) is 0. The van der Waals surface area contributed by atoms with E-state index in [1.807, 2.05) is 13.0 Å². The zero-order valence-corrected chi connectivity index (χ0v) is 9.43. The maximum atomic E-state index is 13.4. The molecule has 0 unspecified atom stereocenters. The first-order valence-corrected chi connectivity index (χ1v) is 5.46. The summed E-state index contributed by atoms with van der Waals surface area (Å²) in [4.78, 5) is 0. The quantitative estimate of drug-likeness (QED) is 0.696. The molecule has 1 aromatic rings. The zero-order chi connectivity index (χ0) is 11.1. The first kappa shape index (κ1) is 12.1. The van der Waals surface area contributed by atoms with Gasteiger partial charge in [-0.1, -0.05) is 12.2 Å². The molecule has 0 radical (unpaired) electrons. The first-order chi connectivity index (χ1) is 7.27. The summed E-state index contributed by atoms with van der Waals surface area (Å²) in [6.07, 6.45) is 4.33. The Hall–Kier alpha value is -1.02. The SMILES string of the molecule is CCOc1ccc(C=CCCCl)c(F)c1. The van der Waals surface area contributed by atoms with Crippen molar-refractivity contribution < 1.29 is 9.13 Å². The molecule has 0 saturated heterocycles. The molecule has 0 aliphatic rings. The molecule has 0 aliphatic carbocycles. The number of benzene rings is 1. The van der Waals surface area contributed by atoms with E-state index in [-0.39, 0.29) is 5.82 Å². The van der Waals surface area contributed by atoms with Crippen LogP contribution in [0.5, 0.6) is 5.75 Å². The second kappa shape index (κ2) is 6.46. The minimum atomic E-state index is -0.272. The van der Waals surface area contributed by atoms with E-state index >= 15 is 0 Å². The molecule has 15 heavy (non-hydrogen) atoms. The van der Waals surface area contributed by atoms with E-state index in [1.54, 1.807) is 18.2 Å². The van der Waals surface area contributed by atoms with E-state index in [0.29, 0.717) is 23.8 Å². The van der Waals surface area contributed by atoms with Crippen LogP contribution in [-0.4, -0.2) is 12.5 Å². The number of halogens is 2. The summed E-state index contributed by atoms with van der Waals surface area (Å²) in [5.41, 5.74) is 0.559. The second-order valence-electron chi connectivity index (χ2n) is 3.00. The number of alkyl halides is 1. The highest BCUT2D eigenvalue weighted by atomic mass is 35.5. The Kier molecular flexibility index (Phi) is 5.19. The van der Waals surface area contributed by atoms with Gasteiger partial charge in [-0.3, -0.25) is 0 Å². The predicted molar refractivity (Wildman–Crippen MR) is 61.9 cm³/mol. The standard InChI is InChI=1S/C12H14ClFO/c1-2-15-11-7-6-10(12(14)9-11)5-3-4-8-13/h3,5-7,9H,2,4,8H2,1H3. The summed E-state index contributed by atoms with van der Waals surface area (Å²) in [6.45, 7) is 2.41. The number of ether oxygens (including phenoxy) is 1. The van der Waals surface area contributed by atoms with Crippen LogP contribution >= 0.6 is 11.6 Å². The maximum absolute atomic E-state index is 13.4. The molecule has 0 aromatic heterocycles. The van der Waals surface area contributed by atoms with Crippen molar-refractivity contribution in [3.63, 3.8) is 0 Å². The number of allylic oxidation sites excluding steroid dienone is 1. The first-order valence-electron chi connectivity index (χ1n) is 4.92. The summed E-state index contributed by atoms with van der Waals surface area (Å²) in [7, 11) is 0. The van der Waals surface area contributed by atoms with Crippen molar-refractivity contribution in [2.45, 2.75) is 13.3 Å². The molecule has 0 amide bonds. The van der Waals surface area contributed by atoms with Crippen LogP contribution in [0.15, 0.2) is 24.3 Å². The number of rotatable bonds is 5. The molecule has 82 valence electrons. The minimum Gasteiger partial charge on any atom is -0.494 e. The largest absolute Gasteiger partial charge is 0.494 e. The molecule has 1 nitrogen and oxygen atoms in total. The highest BCUT2D eigenvalue weighted by Gasteiger charge is 2.00. The van der Waals surface area contributed by atoms with Crippen molar-refractivity contribution in [1.29, 1.82) is 0 Å². The third kappa shape index (κ3) is 3.92. The lowest BCUT2D eigenvalue weighted by Crippen LogP contribution is -1.92. The van der Waals surface area contributed by atoms with E-state index in [2.05, 4.69) is 0 Å². The van der Waals surface area contributed by atoms with Gasteiger partial charge >= 0.3 is 0 Å². The van der Waals surface area contributed by atoms with E-state index in [1.165, 1.54) is 6.07 Å². The van der Waals surface area contributed by atoms with E-state index in [4.69, 9.17) is 16.3 Å². The van der Waals surface area contributed by atoms with E-state index < -0.39 is 0 Å². The lowest BCUT2D eigenvalue weighted by atomic mass is 10.2. The van der Waals surface area contributed by atoms with Crippen LogP contribution in [0.25, 0.3) is 6.08 Å². The molecule has 0 spiro atoms. The summed E-state index contributed by atoms with van der Waals surface area (Å²) in [5.74, 6) is 0.839. The molecular formula is C12H14ClFO. The fourth-order valence-electron chi connectivity index (χ4n) is 1.17. The van der Waals surface area contributed by atoms with Crippen molar-refractivity contribution in [2.24, 2.45) is 0 Å². The number of hydrogen-bond acceptors (Lipinski definition) is 1. The van der Waals surface area contributed by atoms with Gasteiger partial charge in [0, 0.05) is 17.5 Å². The third-order valence-corrected chi connectivity index (χ3v) is 2.07. The van der Waals surface area contributed by atoms with Gasteiger partial charge < -0.3 is 4.74 Å². The Morgan fingerprint density at radius 2 is 2.27 bits per heavy atom. The fourth-order valence-corrected chi connectivity index (χ4v) is 1.30. The summed E-state index contributed by atoms with van der Waals surface area (Å²) in [6, 6.07) is 4.85. The molecule has 0 saturated carbocycles. The van der Waals surface area contributed by atoms with Crippen molar-refractivity contribution in [2.75, 3.05) is 12.5 Å². The lowest BCUT2D eigenvalue weighted by Gasteiger charge is -2.03. The van der Waals surface area contributed by atoms with Crippen LogP contribution in [0.2, 0.25) is 0 Å². The molecule has 0 N–H and O–H groups in total. The van der Waals surface area contributed by atoms with Gasteiger partial charge in [-0.05, 0) is 25.5 Å². The van der Waals surface area contributed by atoms with Gasteiger partial charge in [0.25, 0.3) is 0 Å². The Labute approximate surface area is 94.5 Å². The van der Waals surface area contributed by atoms with Gasteiger partial charge in [0.2, 0.25) is 0 Å². The number of hydrogen-bond donors (Lipinski definition) is 0. The zero-order valence-electron chi connectivity index (χ0n) is 8.67. The fraction of sp³-hybridized carbons (Fsp3) is 0.333. The van der Waals surface area contributed by atoms with Crippen molar-refractivity contribution in [3.8, 4) is 5.75 Å². The topological polar surface area (TPSA) is 9.23 Å². The van der Waals surface area contributed by atoms with Gasteiger partial charge in [-0.15, -0.1) is 11.6 Å². The van der Waals surface area contributed by atoms with Gasteiger partial charge in [0.1, 0.15) is 11.6 Å². The molecule has 0 fully saturated rings. The normalized spacial score (nSPS) is 10.9.